The van der Waals surface area contributed by atoms with E-state index in [0.29, 0.717) is 5.82 Å². The Hall–Kier alpha value is -3.22. The normalized spacial score (nSPS) is 14.6. The fraction of sp³-hybridized carbons (Fsp3) is 0.333. The number of aromatic nitrogens is 4. The van der Waals surface area contributed by atoms with Gasteiger partial charge < -0.3 is 10.6 Å². The zero-order valence-electron chi connectivity index (χ0n) is 15.9. The number of carbonyl (C=O) groups is 1. The summed E-state index contributed by atoms with van der Waals surface area (Å²) in [5, 5.41) is 6.31. The van der Waals surface area contributed by atoms with Crippen LogP contribution in [0.1, 0.15) is 37.9 Å². The number of rotatable bonds is 5. The van der Waals surface area contributed by atoms with E-state index in [0.717, 1.165) is 48.7 Å². The topological polar surface area (TPSA) is 84.7 Å². The maximum absolute atomic E-state index is 12.4. The molecule has 1 aromatic carbocycles. The zero-order chi connectivity index (χ0) is 19.3. The second-order valence-corrected chi connectivity index (χ2v) is 7.13. The third kappa shape index (κ3) is 4.19. The number of nitrogens with zero attached hydrogens (tertiary/aromatic N) is 4. The highest BCUT2D eigenvalue weighted by molar-refractivity contribution is 5.92. The molecular formula is C21H24N6O. The number of aryl methyl sites for hydroxylation is 1. The summed E-state index contributed by atoms with van der Waals surface area (Å²) in [5.74, 6) is 2.60. The van der Waals surface area contributed by atoms with Crippen LogP contribution in [-0.2, 0) is 4.79 Å². The smallest absolute Gasteiger partial charge is 0.227 e. The number of imidazole rings is 1. The standard InChI is InChI=1S/C21H24N6O/c1-15-22-11-12-27(15)20-13-19(23-14-24-20)25-17-7-9-18(10-8-17)26-21(28)16-5-3-2-4-6-16/h7-14,16H,2-6H2,1H3,(H,26,28)(H,23,24,25). The molecule has 1 amide bonds. The van der Waals surface area contributed by atoms with Crippen molar-refractivity contribution in [3.63, 3.8) is 0 Å². The summed E-state index contributed by atoms with van der Waals surface area (Å²) in [6.45, 7) is 1.93. The molecule has 28 heavy (non-hydrogen) atoms. The third-order valence-corrected chi connectivity index (χ3v) is 5.13. The molecule has 7 nitrogen and oxygen atoms in total. The molecule has 0 aliphatic heterocycles. The Morgan fingerprint density at radius 3 is 2.50 bits per heavy atom. The minimum absolute atomic E-state index is 0.136. The number of amides is 1. The van der Waals surface area contributed by atoms with Crippen LogP contribution in [0.5, 0.6) is 0 Å². The fourth-order valence-corrected chi connectivity index (χ4v) is 3.56. The molecule has 0 saturated heterocycles. The number of anilines is 3. The quantitative estimate of drug-likeness (QED) is 0.696. The molecule has 1 aliphatic rings. The predicted molar refractivity (Wildman–Crippen MR) is 109 cm³/mol. The van der Waals surface area contributed by atoms with E-state index >= 15 is 0 Å². The zero-order valence-corrected chi connectivity index (χ0v) is 15.9. The molecular weight excluding hydrogens is 352 g/mol. The molecule has 0 bridgehead atoms. The average molecular weight is 376 g/mol. The maximum Gasteiger partial charge on any atom is 0.227 e. The van der Waals surface area contributed by atoms with Gasteiger partial charge in [-0.15, -0.1) is 0 Å². The highest BCUT2D eigenvalue weighted by Crippen LogP contribution is 2.25. The summed E-state index contributed by atoms with van der Waals surface area (Å²) in [5.41, 5.74) is 1.71. The molecule has 0 radical (unpaired) electrons. The molecule has 0 unspecified atom stereocenters. The van der Waals surface area contributed by atoms with Crippen LogP contribution in [0.3, 0.4) is 0 Å². The van der Waals surface area contributed by atoms with Gasteiger partial charge in [-0.3, -0.25) is 9.36 Å². The maximum atomic E-state index is 12.4. The molecule has 1 saturated carbocycles. The molecule has 1 aliphatic carbocycles. The number of hydrogen-bond donors (Lipinski definition) is 2. The number of hydrogen-bond acceptors (Lipinski definition) is 5. The molecule has 7 heteroatoms. The minimum atomic E-state index is 0.136. The first-order valence-electron chi connectivity index (χ1n) is 9.69. The lowest BCUT2D eigenvalue weighted by Crippen LogP contribution is -2.24. The van der Waals surface area contributed by atoms with Gasteiger partial charge in [-0.25, -0.2) is 15.0 Å². The first kappa shape index (κ1) is 18.2. The first-order valence-corrected chi connectivity index (χ1v) is 9.69. The van der Waals surface area contributed by atoms with E-state index in [1.165, 1.54) is 12.7 Å². The average Bonchev–Trinajstić information content (AvgIpc) is 3.16. The summed E-state index contributed by atoms with van der Waals surface area (Å²) < 4.78 is 1.90. The molecule has 2 aromatic heterocycles. The van der Waals surface area contributed by atoms with E-state index in [-0.39, 0.29) is 11.8 Å². The second-order valence-electron chi connectivity index (χ2n) is 7.13. The molecule has 1 fully saturated rings. The van der Waals surface area contributed by atoms with Gasteiger partial charge in [0.15, 0.2) is 0 Å². The van der Waals surface area contributed by atoms with Crippen molar-refractivity contribution in [2.75, 3.05) is 10.6 Å². The Balaban J connectivity index is 1.41. The van der Waals surface area contributed by atoms with E-state index in [9.17, 15) is 4.79 Å². The van der Waals surface area contributed by atoms with Crippen LogP contribution in [-0.4, -0.2) is 25.4 Å². The van der Waals surface area contributed by atoms with Crippen LogP contribution in [0, 0.1) is 12.8 Å². The van der Waals surface area contributed by atoms with Gasteiger partial charge in [0.05, 0.1) is 0 Å². The summed E-state index contributed by atoms with van der Waals surface area (Å²) >= 11 is 0. The second kappa shape index (κ2) is 8.21. The molecule has 0 spiro atoms. The number of carbonyl (C=O) groups excluding carboxylic acids is 1. The lowest BCUT2D eigenvalue weighted by Gasteiger charge is -2.20. The lowest BCUT2D eigenvalue weighted by atomic mass is 9.88. The molecule has 4 rings (SSSR count). The molecule has 3 aromatic rings. The predicted octanol–water partition coefficient (Wildman–Crippen LogP) is 4.23. The van der Waals surface area contributed by atoms with E-state index < -0.39 is 0 Å². The van der Waals surface area contributed by atoms with E-state index in [4.69, 9.17) is 0 Å². The molecule has 0 atom stereocenters. The monoisotopic (exact) mass is 376 g/mol. The summed E-state index contributed by atoms with van der Waals surface area (Å²) in [7, 11) is 0. The summed E-state index contributed by atoms with van der Waals surface area (Å²) in [6.07, 6.45) is 10.7. The van der Waals surface area contributed by atoms with Crippen LogP contribution in [0.25, 0.3) is 5.82 Å². The number of nitrogens with one attached hydrogen (secondary N) is 2. The Kier molecular flexibility index (Phi) is 5.32. The van der Waals surface area contributed by atoms with Crippen molar-refractivity contribution in [1.82, 2.24) is 19.5 Å². The van der Waals surface area contributed by atoms with Gasteiger partial charge in [0.1, 0.15) is 23.8 Å². The van der Waals surface area contributed by atoms with Crippen molar-refractivity contribution in [2.45, 2.75) is 39.0 Å². The van der Waals surface area contributed by atoms with Crippen LogP contribution < -0.4 is 10.6 Å². The SMILES string of the molecule is Cc1nccn1-c1cc(Nc2ccc(NC(=O)C3CCCCC3)cc2)ncn1. The van der Waals surface area contributed by atoms with E-state index in [1.807, 2.05) is 48.0 Å². The molecule has 2 heterocycles. The van der Waals surface area contributed by atoms with E-state index in [1.54, 1.807) is 6.20 Å². The van der Waals surface area contributed by atoms with Gasteiger partial charge in [-0.05, 0) is 44.0 Å². The highest BCUT2D eigenvalue weighted by Gasteiger charge is 2.20. The fourth-order valence-electron chi connectivity index (χ4n) is 3.56. The third-order valence-electron chi connectivity index (χ3n) is 5.13. The highest BCUT2D eigenvalue weighted by atomic mass is 16.1. The van der Waals surface area contributed by atoms with Crippen molar-refractivity contribution >= 4 is 23.1 Å². The Morgan fingerprint density at radius 2 is 1.79 bits per heavy atom. The van der Waals surface area contributed by atoms with Gasteiger partial charge in [0, 0.05) is 35.8 Å². The van der Waals surface area contributed by atoms with Crippen LogP contribution in [0.15, 0.2) is 49.1 Å². The van der Waals surface area contributed by atoms with Gasteiger partial charge in [0.25, 0.3) is 0 Å². The Morgan fingerprint density at radius 1 is 1.04 bits per heavy atom. The van der Waals surface area contributed by atoms with Gasteiger partial charge in [0.2, 0.25) is 5.91 Å². The van der Waals surface area contributed by atoms with E-state index in [2.05, 4.69) is 25.6 Å². The summed E-state index contributed by atoms with van der Waals surface area (Å²) in [4.78, 5) is 25.2. The molecule has 144 valence electrons. The molecule has 2 N–H and O–H groups in total. The largest absolute Gasteiger partial charge is 0.340 e. The minimum Gasteiger partial charge on any atom is -0.340 e. The van der Waals surface area contributed by atoms with Crippen molar-refractivity contribution in [1.29, 1.82) is 0 Å². The van der Waals surface area contributed by atoms with Crippen LogP contribution >= 0.6 is 0 Å². The van der Waals surface area contributed by atoms with Crippen molar-refractivity contribution in [3.05, 3.63) is 54.9 Å². The van der Waals surface area contributed by atoms with Gasteiger partial charge in [-0.2, -0.15) is 0 Å². The first-order chi connectivity index (χ1) is 13.7. The van der Waals surface area contributed by atoms with Gasteiger partial charge in [-0.1, -0.05) is 19.3 Å². The van der Waals surface area contributed by atoms with Crippen molar-refractivity contribution < 1.29 is 4.79 Å². The van der Waals surface area contributed by atoms with Crippen molar-refractivity contribution in [2.24, 2.45) is 5.92 Å². The van der Waals surface area contributed by atoms with Crippen LogP contribution in [0.2, 0.25) is 0 Å². The summed E-state index contributed by atoms with van der Waals surface area (Å²) in [6, 6.07) is 9.55. The van der Waals surface area contributed by atoms with Crippen molar-refractivity contribution in [3.8, 4) is 5.82 Å². The van der Waals surface area contributed by atoms with Gasteiger partial charge >= 0.3 is 0 Å². The lowest BCUT2D eigenvalue weighted by molar-refractivity contribution is -0.120. The number of benzene rings is 1. The Bertz CT molecular complexity index is 944. The Labute approximate surface area is 164 Å². The van der Waals surface area contributed by atoms with Crippen LogP contribution in [0.4, 0.5) is 17.2 Å².